The first kappa shape index (κ1) is 30.3. The van der Waals surface area contributed by atoms with Crippen LogP contribution in [0.5, 0.6) is 5.88 Å². The molecule has 2 atom stereocenters. The molecule has 230 valence electrons. The molecular weight excluding hydrogens is 570 g/mol. The van der Waals surface area contributed by atoms with Crippen LogP contribution in [0.4, 0.5) is 5.95 Å². The number of aromatic nitrogens is 2. The minimum absolute atomic E-state index is 0.000453. The summed E-state index contributed by atoms with van der Waals surface area (Å²) in [5.74, 6) is 1.42. The van der Waals surface area contributed by atoms with Gasteiger partial charge >= 0.3 is 0 Å². The fourth-order valence-electron chi connectivity index (χ4n) is 6.83. The lowest BCUT2D eigenvalue weighted by Crippen LogP contribution is -2.39. The number of fused-ring (bicyclic) bond motifs is 4. The van der Waals surface area contributed by atoms with Crippen molar-refractivity contribution in [3.63, 3.8) is 0 Å². The summed E-state index contributed by atoms with van der Waals surface area (Å²) in [6.45, 7) is 9.57. The van der Waals surface area contributed by atoms with E-state index in [9.17, 15) is 8.42 Å². The molecule has 1 N–H and O–H groups in total. The second-order valence-corrected chi connectivity index (χ2v) is 14.4. The second kappa shape index (κ2) is 12.7. The highest BCUT2D eigenvalue weighted by molar-refractivity contribution is 7.92. The zero-order valence-corrected chi connectivity index (χ0v) is 26.7. The van der Waals surface area contributed by atoms with E-state index in [1.165, 1.54) is 5.56 Å². The SMILES string of the molecule is Cc1cccc(C)c1-c1cc2nc(n1)NS(=O)(=O)c1cccc(c1)C(C1CC(OCc3ccccc3)C1)[C@H](CC(C)C)CO2. The van der Waals surface area contributed by atoms with Crippen molar-refractivity contribution in [2.75, 3.05) is 11.3 Å². The molecule has 3 aromatic carbocycles. The monoisotopic (exact) mass is 611 g/mol. The van der Waals surface area contributed by atoms with E-state index >= 15 is 0 Å². The van der Waals surface area contributed by atoms with Gasteiger partial charge in [-0.05, 0) is 85.3 Å². The molecule has 6 rings (SSSR count). The molecule has 1 unspecified atom stereocenters. The van der Waals surface area contributed by atoms with Crippen LogP contribution >= 0.6 is 0 Å². The van der Waals surface area contributed by atoms with Gasteiger partial charge in [-0.2, -0.15) is 4.98 Å². The van der Waals surface area contributed by atoms with Crippen LogP contribution in [0.3, 0.4) is 0 Å². The minimum atomic E-state index is -3.95. The zero-order valence-electron chi connectivity index (χ0n) is 25.9. The van der Waals surface area contributed by atoms with E-state index < -0.39 is 10.0 Å². The van der Waals surface area contributed by atoms with Gasteiger partial charge in [0.2, 0.25) is 11.8 Å². The van der Waals surface area contributed by atoms with Gasteiger partial charge < -0.3 is 9.47 Å². The highest BCUT2D eigenvalue weighted by Gasteiger charge is 2.41. The van der Waals surface area contributed by atoms with Crippen LogP contribution in [0.2, 0.25) is 0 Å². The number of rotatable bonds is 7. The molecule has 7 nitrogen and oxygen atoms in total. The molecule has 1 aromatic heterocycles. The van der Waals surface area contributed by atoms with Gasteiger partial charge in [0.15, 0.2) is 0 Å². The molecule has 4 aromatic rings. The number of nitrogens with zero attached hydrogens (tertiary/aromatic N) is 2. The molecule has 2 aliphatic rings. The van der Waals surface area contributed by atoms with Crippen LogP contribution in [0.15, 0.2) is 83.8 Å². The van der Waals surface area contributed by atoms with Gasteiger partial charge in [0.25, 0.3) is 10.0 Å². The van der Waals surface area contributed by atoms with E-state index in [1.54, 1.807) is 6.07 Å². The van der Waals surface area contributed by atoms with Crippen LogP contribution in [0.1, 0.15) is 61.3 Å². The molecule has 44 heavy (non-hydrogen) atoms. The van der Waals surface area contributed by atoms with E-state index in [2.05, 4.69) is 46.7 Å². The highest BCUT2D eigenvalue weighted by atomic mass is 32.2. The summed E-state index contributed by atoms with van der Waals surface area (Å²) < 4.78 is 42.8. The summed E-state index contributed by atoms with van der Waals surface area (Å²) >= 11 is 0. The smallest absolute Gasteiger partial charge is 0.264 e. The van der Waals surface area contributed by atoms with Crippen molar-refractivity contribution in [1.29, 1.82) is 0 Å². The van der Waals surface area contributed by atoms with Crippen LogP contribution in [-0.4, -0.2) is 31.1 Å². The van der Waals surface area contributed by atoms with Crippen molar-refractivity contribution in [1.82, 2.24) is 9.97 Å². The van der Waals surface area contributed by atoms with Crippen LogP contribution in [-0.2, 0) is 21.4 Å². The van der Waals surface area contributed by atoms with Gasteiger partial charge in [-0.1, -0.05) is 74.5 Å². The van der Waals surface area contributed by atoms with Gasteiger partial charge in [0.05, 0.1) is 29.9 Å². The molecule has 4 bridgehead atoms. The third-order valence-corrected chi connectivity index (χ3v) is 10.2. The van der Waals surface area contributed by atoms with Crippen molar-refractivity contribution < 1.29 is 17.9 Å². The van der Waals surface area contributed by atoms with Crippen molar-refractivity contribution in [2.24, 2.45) is 17.8 Å². The Morgan fingerprint density at radius 2 is 1.66 bits per heavy atom. The Labute approximate surface area is 261 Å². The fraction of sp³-hybridized carbons (Fsp3) is 0.389. The van der Waals surface area contributed by atoms with Crippen LogP contribution in [0.25, 0.3) is 11.3 Å². The van der Waals surface area contributed by atoms with E-state index in [4.69, 9.17) is 9.47 Å². The third kappa shape index (κ3) is 6.66. The molecule has 8 heteroatoms. The van der Waals surface area contributed by atoms with Gasteiger partial charge in [0.1, 0.15) is 0 Å². The Balaban J connectivity index is 1.35. The number of hydrogen-bond donors (Lipinski definition) is 1. The summed E-state index contributed by atoms with van der Waals surface area (Å²) in [5, 5.41) is 0. The molecule has 1 aliphatic carbocycles. The number of anilines is 1. The molecule has 0 radical (unpaired) electrons. The average Bonchev–Trinajstić information content (AvgIpc) is 2.96. The van der Waals surface area contributed by atoms with Crippen molar-refractivity contribution in [2.45, 2.75) is 70.5 Å². The molecule has 1 saturated carbocycles. The topological polar surface area (TPSA) is 90.4 Å². The standard InChI is InChI=1S/C36H41N3O4S/c1-23(2)16-29-22-43-33-20-32(34-24(3)10-8-11-25(34)4)37-36(38-33)39-44(40,41)31-15-9-14-27(19-31)35(29)28-17-30(18-28)42-21-26-12-6-5-7-13-26/h5-15,19-20,23,28-30,35H,16-18,21-22H2,1-4H3,(H,37,38,39)/t28?,29-,30?,35?/m1/s1. The van der Waals surface area contributed by atoms with Gasteiger partial charge in [-0.3, -0.25) is 0 Å². The minimum Gasteiger partial charge on any atom is -0.477 e. The Morgan fingerprint density at radius 3 is 2.39 bits per heavy atom. The highest BCUT2D eigenvalue weighted by Crippen LogP contribution is 2.47. The maximum atomic E-state index is 13.7. The first-order valence-corrected chi connectivity index (χ1v) is 17.0. The van der Waals surface area contributed by atoms with E-state index in [0.29, 0.717) is 36.6 Å². The van der Waals surface area contributed by atoms with Crippen molar-refractivity contribution in [3.8, 4) is 17.1 Å². The Morgan fingerprint density at radius 1 is 0.932 bits per heavy atom. The fourth-order valence-corrected chi connectivity index (χ4v) is 7.83. The number of benzene rings is 3. The number of aryl methyl sites for hydroxylation is 2. The summed E-state index contributed by atoms with van der Waals surface area (Å²) in [6.07, 6.45) is 2.97. The molecule has 0 amide bonds. The Hall–Kier alpha value is -3.75. The van der Waals surface area contributed by atoms with Crippen LogP contribution < -0.4 is 9.46 Å². The predicted octanol–water partition coefficient (Wildman–Crippen LogP) is 7.69. The first-order valence-electron chi connectivity index (χ1n) is 15.5. The van der Waals surface area contributed by atoms with Crippen molar-refractivity contribution in [3.05, 3.63) is 101 Å². The Bertz CT molecular complexity index is 1700. The van der Waals surface area contributed by atoms with E-state index in [-0.39, 0.29) is 28.8 Å². The predicted molar refractivity (Wildman–Crippen MR) is 173 cm³/mol. The van der Waals surface area contributed by atoms with Crippen LogP contribution in [0, 0.1) is 31.6 Å². The number of nitrogens with one attached hydrogen (secondary N) is 1. The van der Waals surface area contributed by atoms with Gasteiger partial charge in [-0.15, -0.1) is 0 Å². The molecule has 0 spiro atoms. The maximum absolute atomic E-state index is 13.7. The molecule has 2 heterocycles. The lowest BCUT2D eigenvalue weighted by molar-refractivity contribution is -0.0553. The van der Waals surface area contributed by atoms with Gasteiger partial charge in [-0.25, -0.2) is 18.1 Å². The lowest BCUT2D eigenvalue weighted by atomic mass is 9.65. The lowest BCUT2D eigenvalue weighted by Gasteiger charge is -2.44. The Kier molecular flexibility index (Phi) is 8.74. The van der Waals surface area contributed by atoms with E-state index in [1.807, 2.05) is 68.4 Å². The summed E-state index contributed by atoms with van der Waals surface area (Å²) in [6, 6.07) is 25.5. The molecular formula is C36H41N3O4S. The average molecular weight is 612 g/mol. The first-order chi connectivity index (χ1) is 21.2. The second-order valence-electron chi connectivity index (χ2n) is 12.7. The quantitative estimate of drug-likeness (QED) is 0.230. The number of hydrogen-bond acceptors (Lipinski definition) is 6. The summed E-state index contributed by atoms with van der Waals surface area (Å²) in [4.78, 5) is 9.38. The molecule has 1 aliphatic heterocycles. The van der Waals surface area contributed by atoms with E-state index in [0.717, 1.165) is 41.5 Å². The molecule has 0 saturated heterocycles. The maximum Gasteiger partial charge on any atom is 0.264 e. The normalized spacial score (nSPS) is 22.6. The van der Waals surface area contributed by atoms with Gasteiger partial charge in [0, 0.05) is 17.5 Å². The zero-order chi connectivity index (χ0) is 30.8. The largest absolute Gasteiger partial charge is 0.477 e. The molecule has 1 fully saturated rings. The number of ether oxygens (including phenoxy) is 2. The van der Waals surface area contributed by atoms with Crippen molar-refractivity contribution >= 4 is 16.0 Å². The third-order valence-electron chi connectivity index (χ3n) is 8.91. The summed E-state index contributed by atoms with van der Waals surface area (Å²) in [7, 11) is -3.95. The summed E-state index contributed by atoms with van der Waals surface area (Å²) in [5.41, 5.74) is 5.86. The number of sulfonamides is 1.